The molecular weight excluding hydrogens is 240 g/mol. The fraction of sp³-hybridized carbons (Fsp3) is 0. The molecule has 0 aromatic heterocycles. The molecule has 1 atom stereocenters. The van der Waals surface area contributed by atoms with E-state index in [9.17, 15) is 0 Å². The lowest BCUT2D eigenvalue weighted by Crippen LogP contribution is -1.81. The van der Waals surface area contributed by atoms with E-state index in [0.29, 0.717) is 0 Å². The van der Waals surface area contributed by atoms with Gasteiger partial charge in [-0.05, 0) is 24.3 Å². The Morgan fingerprint density at radius 3 is 1.47 bits per heavy atom. The van der Waals surface area contributed by atoms with Crippen molar-refractivity contribution in [2.24, 2.45) is 0 Å². The average Bonchev–Trinajstić information content (AvgIpc) is 2.31. The van der Waals surface area contributed by atoms with E-state index in [2.05, 4.69) is 0 Å². The molecule has 2 aromatic rings. The molecule has 0 aliphatic rings. The summed E-state index contributed by atoms with van der Waals surface area (Å²) in [5, 5.41) is 0. The van der Waals surface area contributed by atoms with E-state index in [1.807, 2.05) is 60.7 Å². The van der Waals surface area contributed by atoms with E-state index in [4.69, 9.17) is 18.1 Å². The number of hydrogen-bond acceptors (Lipinski definition) is 3. The second-order valence-electron chi connectivity index (χ2n) is 2.95. The molecule has 90 valence electrons. The third-order valence-corrected chi connectivity index (χ3v) is 1.72. The summed E-state index contributed by atoms with van der Waals surface area (Å²) in [5.41, 5.74) is 0. The molecule has 0 saturated carbocycles. The molecular formula is C12H11O4S-. The lowest BCUT2D eigenvalue weighted by atomic mass is 10.3. The first kappa shape index (κ1) is 13.4. The molecule has 0 bridgehead atoms. The number of hydrogen-bond donors (Lipinski definition) is 1. The summed E-state index contributed by atoms with van der Waals surface area (Å²) < 4.78 is 29.7. The monoisotopic (exact) mass is 251 g/mol. The van der Waals surface area contributed by atoms with Crippen LogP contribution in [-0.4, -0.2) is 13.3 Å². The summed E-state index contributed by atoms with van der Waals surface area (Å²) in [4.78, 5) is 0. The van der Waals surface area contributed by atoms with Gasteiger partial charge in [0.2, 0.25) is 0 Å². The fourth-order valence-corrected chi connectivity index (χ4v) is 1.11. The molecule has 0 heterocycles. The van der Waals surface area contributed by atoms with Gasteiger partial charge in [-0.15, -0.1) is 0 Å². The molecule has 0 fully saturated rings. The molecule has 17 heavy (non-hydrogen) atoms. The van der Waals surface area contributed by atoms with Crippen molar-refractivity contribution in [3.05, 3.63) is 60.7 Å². The van der Waals surface area contributed by atoms with Crippen LogP contribution in [0.15, 0.2) is 60.7 Å². The minimum atomic E-state index is -2.86. The van der Waals surface area contributed by atoms with Crippen LogP contribution in [0.1, 0.15) is 0 Å². The summed E-state index contributed by atoms with van der Waals surface area (Å²) in [5.74, 6) is 1.74. The van der Waals surface area contributed by atoms with E-state index < -0.39 is 11.4 Å². The number of ether oxygens (including phenoxy) is 1. The van der Waals surface area contributed by atoms with Crippen LogP contribution in [0.3, 0.4) is 0 Å². The van der Waals surface area contributed by atoms with Crippen molar-refractivity contribution >= 4 is 11.4 Å². The van der Waals surface area contributed by atoms with Crippen molar-refractivity contribution in [2.45, 2.75) is 0 Å². The van der Waals surface area contributed by atoms with Crippen LogP contribution in [0, 0.1) is 0 Å². The van der Waals surface area contributed by atoms with E-state index in [1.54, 1.807) is 0 Å². The van der Waals surface area contributed by atoms with Crippen LogP contribution in [0.25, 0.3) is 0 Å². The van der Waals surface area contributed by atoms with Crippen molar-refractivity contribution < 1.29 is 18.1 Å². The number of rotatable bonds is 2. The highest BCUT2D eigenvalue weighted by molar-refractivity contribution is 7.73. The third-order valence-electron chi connectivity index (χ3n) is 1.72. The molecule has 5 heteroatoms. The molecule has 2 rings (SSSR count). The largest absolute Gasteiger partial charge is 0.750 e. The van der Waals surface area contributed by atoms with Crippen LogP contribution in [0.4, 0.5) is 0 Å². The van der Waals surface area contributed by atoms with E-state index >= 15 is 0 Å². The Balaban J connectivity index is 0.000000317. The van der Waals surface area contributed by atoms with Gasteiger partial charge in [0, 0.05) is 0 Å². The Bertz CT molecular complexity index is 403. The summed E-state index contributed by atoms with van der Waals surface area (Å²) in [6, 6.07) is 19.5. The van der Waals surface area contributed by atoms with Crippen LogP contribution < -0.4 is 4.74 Å². The fourth-order valence-electron chi connectivity index (χ4n) is 1.11. The Morgan fingerprint density at radius 1 is 0.882 bits per heavy atom. The molecule has 2 aromatic carbocycles. The van der Waals surface area contributed by atoms with Gasteiger partial charge in [-0.25, -0.2) is 4.21 Å². The highest BCUT2D eigenvalue weighted by Gasteiger charge is 1.92. The Morgan fingerprint density at radius 2 is 1.18 bits per heavy atom. The first-order valence-corrected chi connectivity index (χ1v) is 5.78. The van der Waals surface area contributed by atoms with Gasteiger partial charge in [0.1, 0.15) is 11.5 Å². The Hall–Kier alpha value is -1.69. The van der Waals surface area contributed by atoms with Gasteiger partial charge in [0.05, 0.1) is 11.4 Å². The third kappa shape index (κ3) is 6.47. The van der Waals surface area contributed by atoms with Crippen LogP contribution in [0.5, 0.6) is 11.5 Å². The maximum Gasteiger partial charge on any atom is 0.127 e. The SMILES string of the molecule is O=S([O-])O.c1ccc(Oc2ccccc2)cc1. The van der Waals surface area contributed by atoms with Crippen LogP contribution in [-0.2, 0) is 11.4 Å². The molecule has 1 N–H and O–H groups in total. The smallest absolute Gasteiger partial charge is 0.127 e. The second kappa shape index (κ2) is 7.56. The molecule has 0 radical (unpaired) electrons. The van der Waals surface area contributed by atoms with Crippen molar-refractivity contribution in [3.63, 3.8) is 0 Å². The average molecular weight is 251 g/mol. The zero-order valence-corrected chi connectivity index (χ0v) is 9.67. The molecule has 0 aliphatic carbocycles. The van der Waals surface area contributed by atoms with Gasteiger partial charge < -0.3 is 13.8 Å². The minimum absolute atomic E-state index is 0.869. The van der Waals surface area contributed by atoms with Gasteiger partial charge in [-0.3, -0.25) is 0 Å². The van der Waals surface area contributed by atoms with Crippen LogP contribution in [0.2, 0.25) is 0 Å². The standard InChI is InChI=1S/C12H10O.H2O3S/c1-3-7-11(8-4-1)13-12-9-5-2-6-10-12;1-4(2)3/h1-10H;(H2,1,2,3)/p-1. The Kier molecular flexibility index (Phi) is 5.95. The molecule has 4 nitrogen and oxygen atoms in total. The van der Waals surface area contributed by atoms with E-state index in [0.717, 1.165) is 11.5 Å². The first-order valence-electron chi connectivity index (χ1n) is 4.75. The molecule has 0 aliphatic heterocycles. The minimum Gasteiger partial charge on any atom is -0.750 e. The van der Waals surface area contributed by atoms with Crippen molar-refractivity contribution in [2.75, 3.05) is 0 Å². The van der Waals surface area contributed by atoms with Crippen molar-refractivity contribution in [1.29, 1.82) is 0 Å². The van der Waals surface area contributed by atoms with Gasteiger partial charge in [0.15, 0.2) is 0 Å². The lowest BCUT2D eigenvalue weighted by Gasteiger charge is -2.03. The molecule has 0 amide bonds. The maximum absolute atomic E-state index is 8.56. The van der Waals surface area contributed by atoms with Gasteiger partial charge in [-0.1, -0.05) is 36.4 Å². The van der Waals surface area contributed by atoms with Gasteiger partial charge in [0.25, 0.3) is 0 Å². The summed E-state index contributed by atoms with van der Waals surface area (Å²) in [6.07, 6.45) is 0. The predicted octanol–water partition coefficient (Wildman–Crippen LogP) is 2.82. The summed E-state index contributed by atoms with van der Waals surface area (Å²) in [6.45, 7) is 0. The maximum atomic E-state index is 8.56. The first-order chi connectivity index (χ1) is 8.18. The van der Waals surface area contributed by atoms with E-state index in [1.165, 1.54) is 0 Å². The molecule has 0 spiro atoms. The van der Waals surface area contributed by atoms with Gasteiger partial charge in [-0.2, -0.15) is 0 Å². The van der Waals surface area contributed by atoms with Crippen molar-refractivity contribution in [1.82, 2.24) is 0 Å². The van der Waals surface area contributed by atoms with E-state index in [-0.39, 0.29) is 0 Å². The zero-order valence-electron chi connectivity index (χ0n) is 8.85. The summed E-state index contributed by atoms with van der Waals surface area (Å²) in [7, 11) is 0. The lowest BCUT2D eigenvalue weighted by molar-refractivity contribution is 0.436. The quantitative estimate of drug-likeness (QED) is 0.833. The Labute approximate surface area is 102 Å². The zero-order chi connectivity index (χ0) is 12.5. The molecule has 0 saturated heterocycles. The highest BCUT2D eigenvalue weighted by Crippen LogP contribution is 2.19. The highest BCUT2D eigenvalue weighted by atomic mass is 32.2. The number of para-hydroxylation sites is 2. The molecule has 1 unspecified atom stereocenters. The van der Waals surface area contributed by atoms with Gasteiger partial charge >= 0.3 is 0 Å². The predicted molar refractivity (Wildman–Crippen MR) is 64.5 cm³/mol. The van der Waals surface area contributed by atoms with Crippen molar-refractivity contribution in [3.8, 4) is 11.5 Å². The van der Waals surface area contributed by atoms with Crippen LogP contribution >= 0.6 is 0 Å². The second-order valence-corrected chi connectivity index (χ2v) is 3.38. The summed E-state index contributed by atoms with van der Waals surface area (Å²) >= 11 is -2.86. The number of benzene rings is 2. The normalized spacial score (nSPS) is 10.9. The topological polar surface area (TPSA) is 69.6 Å².